The summed E-state index contributed by atoms with van der Waals surface area (Å²) in [6, 6.07) is 72.8. The van der Waals surface area contributed by atoms with Crippen LogP contribution < -0.4 is 9.80 Å². The molecule has 0 saturated carbocycles. The van der Waals surface area contributed by atoms with E-state index < -0.39 is 0 Å². The lowest BCUT2D eigenvalue weighted by atomic mass is 9.78. The molecule has 9 aromatic carbocycles. The minimum atomic E-state index is -0.166. The van der Waals surface area contributed by atoms with Crippen molar-refractivity contribution in [3.05, 3.63) is 235 Å². The van der Waals surface area contributed by atoms with Crippen molar-refractivity contribution < 1.29 is 0 Å². The summed E-state index contributed by atoms with van der Waals surface area (Å²) >= 11 is 0. The second-order valence-electron chi connectivity index (χ2n) is 16.0. The molecule has 0 saturated heterocycles. The van der Waals surface area contributed by atoms with Crippen molar-refractivity contribution in [2.75, 3.05) is 9.80 Å². The van der Waals surface area contributed by atoms with Crippen LogP contribution in [0.4, 0.5) is 34.1 Å². The molecule has 0 unspecified atom stereocenters. The Morgan fingerprint density at radius 3 is 1.29 bits per heavy atom. The third kappa shape index (κ3) is 7.08. The molecule has 0 aliphatic rings. The molecule has 0 atom stereocenters. The first-order chi connectivity index (χ1) is 28.8. The Labute approximate surface area is 349 Å². The monoisotopic (exact) mass is 760 g/mol. The molecule has 59 heavy (non-hydrogen) atoms. The molecule has 0 aliphatic carbocycles. The van der Waals surface area contributed by atoms with Crippen LogP contribution in [0.25, 0.3) is 38.7 Å². The third-order valence-electron chi connectivity index (χ3n) is 12.0. The molecule has 0 amide bonds. The van der Waals surface area contributed by atoms with Crippen molar-refractivity contribution in [3.8, 4) is 11.1 Å². The minimum Gasteiger partial charge on any atom is -0.310 e. The fourth-order valence-electron chi connectivity index (χ4n) is 8.65. The summed E-state index contributed by atoms with van der Waals surface area (Å²) in [5.41, 5.74) is 15.2. The Morgan fingerprint density at radius 1 is 0.407 bits per heavy atom. The zero-order valence-electron chi connectivity index (χ0n) is 34.2. The van der Waals surface area contributed by atoms with Crippen molar-refractivity contribution >= 4 is 61.7 Å². The van der Waals surface area contributed by atoms with Crippen LogP contribution in [0.2, 0.25) is 0 Å². The van der Waals surface area contributed by atoms with Gasteiger partial charge in [-0.3, -0.25) is 0 Å². The van der Waals surface area contributed by atoms with Gasteiger partial charge in [0.25, 0.3) is 0 Å². The van der Waals surface area contributed by atoms with E-state index in [-0.39, 0.29) is 5.41 Å². The molecule has 0 heterocycles. The summed E-state index contributed by atoms with van der Waals surface area (Å²) in [4.78, 5) is 4.79. The molecule has 0 aliphatic heterocycles. The predicted molar refractivity (Wildman–Crippen MR) is 254 cm³/mol. The molecule has 0 fully saturated rings. The number of aryl methyl sites for hydroxylation is 2. The van der Waals surface area contributed by atoms with Gasteiger partial charge in [0.05, 0.1) is 11.4 Å². The first-order valence-corrected chi connectivity index (χ1v) is 20.5. The highest BCUT2D eigenvalue weighted by Gasteiger charge is 2.24. The maximum Gasteiger partial charge on any atom is 0.0540 e. The fourth-order valence-corrected chi connectivity index (χ4v) is 8.65. The quantitative estimate of drug-likeness (QED) is 0.137. The van der Waals surface area contributed by atoms with E-state index in [0.29, 0.717) is 0 Å². The summed E-state index contributed by atoms with van der Waals surface area (Å²) in [5, 5.41) is 4.87. The lowest BCUT2D eigenvalue weighted by Crippen LogP contribution is -2.19. The minimum absolute atomic E-state index is 0.166. The predicted octanol–water partition coefficient (Wildman–Crippen LogP) is 16.2. The van der Waals surface area contributed by atoms with Crippen LogP contribution in [0.15, 0.2) is 207 Å². The van der Waals surface area contributed by atoms with Crippen LogP contribution in [0.5, 0.6) is 0 Å². The van der Waals surface area contributed by atoms with E-state index in [1.807, 2.05) is 6.08 Å². The topological polar surface area (TPSA) is 6.48 Å². The average Bonchev–Trinajstić information content (AvgIpc) is 3.28. The van der Waals surface area contributed by atoms with Crippen LogP contribution in [0, 0.1) is 13.8 Å². The zero-order chi connectivity index (χ0) is 40.5. The van der Waals surface area contributed by atoms with Gasteiger partial charge < -0.3 is 9.80 Å². The molecule has 0 spiro atoms. The summed E-state index contributed by atoms with van der Waals surface area (Å²) in [5.74, 6) is 0. The van der Waals surface area contributed by atoms with E-state index in [2.05, 4.69) is 244 Å². The molecule has 0 radical (unpaired) electrons. The smallest absolute Gasteiger partial charge is 0.0540 e. The van der Waals surface area contributed by atoms with E-state index in [1.165, 1.54) is 54.9 Å². The van der Waals surface area contributed by atoms with Gasteiger partial charge >= 0.3 is 0 Å². The van der Waals surface area contributed by atoms with E-state index in [0.717, 1.165) is 39.7 Å². The van der Waals surface area contributed by atoms with Gasteiger partial charge in [-0.1, -0.05) is 166 Å². The summed E-state index contributed by atoms with van der Waals surface area (Å²) in [6.07, 6.45) is 1.90. The summed E-state index contributed by atoms with van der Waals surface area (Å²) in [7, 11) is 0. The normalized spacial score (nSPS) is 11.5. The van der Waals surface area contributed by atoms with Crippen molar-refractivity contribution in [3.63, 3.8) is 0 Å². The first-order valence-electron chi connectivity index (χ1n) is 20.5. The third-order valence-corrected chi connectivity index (χ3v) is 12.0. The lowest BCUT2D eigenvalue weighted by Gasteiger charge is -2.30. The molecule has 9 aromatic rings. The fraction of sp³-hybridized carbons (Fsp3) is 0.0877. The van der Waals surface area contributed by atoms with Gasteiger partial charge in [0, 0.05) is 38.9 Å². The Bertz CT molecular complexity index is 2930. The Balaban J connectivity index is 1.10. The molecular weight excluding hydrogens is 713 g/mol. The standard InChI is InChI=1S/C57H48N2/c1-6-42-26-28-45(29-27-42)57(4,5)46-30-32-48(33-31-46)59(56-25-15-19-44-17-11-13-23-54(44)56)50-35-37-52(41(3)39-50)51-36-34-49(38-40(51)2)58(47-20-8-7-9-21-47)55-24-14-18-43-16-10-12-22-53(43)55/h6-39H,1H2,2-5H3. The van der Waals surface area contributed by atoms with Crippen molar-refractivity contribution in [2.24, 2.45) is 0 Å². The van der Waals surface area contributed by atoms with Gasteiger partial charge in [-0.15, -0.1) is 0 Å². The lowest BCUT2D eigenvalue weighted by molar-refractivity contribution is 0.641. The number of benzene rings is 9. The van der Waals surface area contributed by atoms with Gasteiger partial charge in [-0.2, -0.15) is 0 Å². The second-order valence-corrected chi connectivity index (χ2v) is 16.0. The summed E-state index contributed by atoms with van der Waals surface area (Å²) in [6.45, 7) is 13.0. The number of hydrogen-bond acceptors (Lipinski definition) is 2. The van der Waals surface area contributed by atoms with E-state index >= 15 is 0 Å². The summed E-state index contributed by atoms with van der Waals surface area (Å²) < 4.78 is 0. The van der Waals surface area contributed by atoms with Gasteiger partial charge in [0.1, 0.15) is 0 Å². The highest BCUT2D eigenvalue weighted by Crippen LogP contribution is 2.44. The molecule has 0 aromatic heterocycles. The van der Waals surface area contributed by atoms with Gasteiger partial charge in [0.2, 0.25) is 0 Å². The number of nitrogens with zero attached hydrogens (tertiary/aromatic N) is 2. The Morgan fingerprint density at radius 2 is 0.814 bits per heavy atom. The second kappa shape index (κ2) is 15.6. The maximum atomic E-state index is 3.93. The van der Waals surface area contributed by atoms with Gasteiger partial charge in [-0.05, 0) is 124 Å². The number of fused-ring (bicyclic) bond motifs is 2. The van der Waals surface area contributed by atoms with Crippen LogP contribution in [-0.4, -0.2) is 0 Å². The molecule has 286 valence electrons. The number of para-hydroxylation sites is 1. The Hall–Kier alpha value is -7.16. The SMILES string of the molecule is C=Cc1ccc(C(C)(C)c2ccc(N(c3ccc(-c4ccc(N(c5ccccc5)c5cccc6ccccc56)cc4C)c(C)c3)c3cccc4ccccc34)cc2)cc1. The number of anilines is 6. The highest BCUT2D eigenvalue weighted by atomic mass is 15.1. The molecular formula is C57H48N2. The average molecular weight is 761 g/mol. The van der Waals surface area contributed by atoms with E-state index in [9.17, 15) is 0 Å². The molecule has 0 bridgehead atoms. The van der Waals surface area contributed by atoms with Crippen LogP contribution in [0.1, 0.15) is 41.7 Å². The Kier molecular flexibility index (Phi) is 9.92. The number of rotatable bonds is 10. The maximum absolute atomic E-state index is 3.93. The molecule has 2 heteroatoms. The van der Waals surface area contributed by atoms with Gasteiger partial charge in [-0.25, -0.2) is 0 Å². The number of hydrogen-bond donors (Lipinski definition) is 0. The van der Waals surface area contributed by atoms with E-state index in [1.54, 1.807) is 0 Å². The van der Waals surface area contributed by atoms with E-state index in [4.69, 9.17) is 0 Å². The molecule has 2 nitrogen and oxygen atoms in total. The zero-order valence-corrected chi connectivity index (χ0v) is 34.2. The van der Waals surface area contributed by atoms with Crippen molar-refractivity contribution in [2.45, 2.75) is 33.1 Å². The van der Waals surface area contributed by atoms with Crippen LogP contribution >= 0.6 is 0 Å². The highest BCUT2D eigenvalue weighted by molar-refractivity contribution is 6.00. The first kappa shape index (κ1) is 37.4. The van der Waals surface area contributed by atoms with Crippen molar-refractivity contribution in [1.29, 1.82) is 0 Å². The van der Waals surface area contributed by atoms with Gasteiger partial charge in [0.15, 0.2) is 0 Å². The molecule has 9 rings (SSSR count). The van der Waals surface area contributed by atoms with Crippen molar-refractivity contribution in [1.82, 2.24) is 0 Å². The van der Waals surface area contributed by atoms with Crippen LogP contribution in [0.3, 0.4) is 0 Å². The molecule has 0 N–H and O–H groups in total. The largest absolute Gasteiger partial charge is 0.310 e. The van der Waals surface area contributed by atoms with Crippen LogP contribution in [-0.2, 0) is 5.41 Å².